The average molecular weight is 471 g/mol. The van der Waals surface area contributed by atoms with Crippen LogP contribution in [0.4, 0.5) is 0 Å². The Labute approximate surface area is 204 Å². The maximum absolute atomic E-state index is 12.9. The lowest BCUT2D eigenvalue weighted by Gasteiger charge is -2.25. The summed E-state index contributed by atoms with van der Waals surface area (Å²) in [6.45, 7) is 7.10. The van der Waals surface area contributed by atoms with Crippen molar-refractivity contribution in [2.75, 3.05) is 19.8 Å². The highest BCUT2D eigenvalue weighted by Crippen LogP contribution is 2.29. The predicted molar refractivity (Wildman–Crippen MR) is 136 cm³/mol. The van der Waals surface area contributed by atoms with E-state index < -0.39 is 17.4 Å². The highest BCUT2D eigenvalue weighted by molar-refractivity contribution is 5.99. The highest BCUT2D eigenvalue weighted by atomic mass is 16.6. The summed E-state index contributed by atoms with van der Waals surface area (Å²) in [5.41, 5.74) is -1.21. The zero-order valence-electron chi connectivity index (χ0n) is 22.1. The monoisotopic (exact) mass is 470 g/mol. The van der Waals surface area contributed by atoms with Crippen molar-refractivity contribution in [3.05, 3.63) is 0 Å². The maximum Gasteiger partial charge on any atom is 0.323 e. The van der Waals surface area contributed by atoms with Gasteiger partial charge in [0.2, 0.25) is 0 Å². The first kappa shape index (κ1) is 31.9. The Balaban J connectivity index is 4.50. The van der Waals surface area contributed by atoms with E-state index in [1.807, 2.05) is 0 Å². The van der Waals surface area contributed by atoms with Gasteiger partial charge in [-0.05, 0) is 32.6 Å². The second-order valence-corrected chi connectivity index (χ2v) is 9.73. The molecule has 0 aliphatic heterocycles. The molecule has 0 saturated heterocycles. The van der Waals surface area contributed by atoms with Gasteiger partial charge in [-0.25, -0.2) is 0 Å². The molecule has 0 atom stereocenters. The van der Waals surface area contributed by atoms with Gasteiger partial charge in [-0.3, -0.25) is 9.59 Å². The lowest BCUT2D eigenvalue weighted by atomic mass is 9.84. The number of ether oxygens (including phenoxy) is 2. The molecule has 0 aliphatic rings. The summed E-state index contributed by atoms with van der Waals surface area (Å²) in [4.78, 5) is 25.8. The van der Waals surface area contributed by atoms with Gasteiger partial charge >= 0.3 is 11.9 Å². The van der Waals surface area contributed by atoms with Crippen molar-refractivity contribution in [3.8, 4) is 0 Å². The summed E-state index contributed by atoms with van der Waals surface area (Å²) in [6.07, 6.45) is 19.8. The molecule has 0 heterocycles. The molecule has 0 aliphatic carbocycles. The molecule has 0 aromatic heterocycles. The van der Waals surface area contributed by atoms with Gasteiger partial charge in [0.25, 0.3) is 0 Å². The van der Waals surface area contributed by atoms with Crippen LogP contribution < -0.4 is 0 Å². The lowest BCUT2D eigenvalue weighted by molar-refractivity contribution is -0.172. The lowest BCUT2D eigenvalue weighted by Crippen LogP contribution is -2.39. The Morgan fingerprint density at radius 3 is 1.36 bits per heavy atom. The number of carbonyl (C=O) groups is 2. The minimum absolute atomic E-state index is 0.243. The normalized spacial score (nSPS) is 11.5. The molecule has 0 aromatic carbocycles. The summed E-state index contributed by atoms with van der Waals surface area (Å²) in [5, 5.41) is 8.88. The van der Waals surface area contributed by atoms with Crippen molar-refractivity contribution < 1.29 is 24.2 Å². The van der Waals surface area contributed by atoms with E-state index in [0.29, 0.717) is 19.6 Å². The minimum atomic E-state index is -1.21. The maximum atomic E-state index is 12.9. The second kappa shape index (κ2) is 22.7. The van der Waals surface area contributed by atoms with Crippen molar-refractivity contribution >= 4 is 11.9 Å². The molecular weight excluding hydrogens is 416 g/mol. The second-order valence-electron chi connectivity index (χ2n) is 9.73. The molecule has 0 rings (SSSR count). The van der Waals surface area contributed by atoms with E-state index in [1.165, 1.54) is 51.4 Å². The van der Waals surface area contributed by atoms with Gasteiger partial charge in [0.15, 0.2) is 5.41 Å². The van der Waals surface area contributed by atoms with Crippen LogP contribution >= 0.6 is 0 Å². The number of rotatable bonds is 24. The number of aliphatic hydroxyl groups excluding tert-OH is 1. The molecular formula is C28H54O5. The molecule has 0 bridgehead atoms. The van der Waals surface area contributed by atoms with E-state index in [4.69, 9.17) is 14.6 Å². The van der Waals surface area contributed by atoms with Crippen LogP contribution in [0.5, 0.6) is 0 Å². The van der Waals surface area contributed by atoms with Crippen molar-refractivity contribution in [1.82, 2.24) is 0 Å². The highest BCUT2D eigenvalue weighted by Gasteiger charge is 2.43. The number of carbonyl (C=O) groups excluding carboxylic acids is 2. The Morgan fingerprint density at radius 1 is 0.576 bits per heavy atom. The summed E-state index contributed by atoms with van der Waals surface area (Å²) in [7, 11) is 0. The van der Waals surface area contributed by atoms with E-state index in [-0.39, 0.29) is 6.61 Å². The molecule has 5 nitrogen and oxygen atoms in total. The Hall–Kier alpha value is -1.10. The van der Waals surface area contributed by atoms with Crippen LogP contribution in [-0.2, 0) is 19.1 Å². The third-order valence-electron chi connectivity index (χ3n) is 6.45. The van der Waals surface area contributed by atoms with Crippen LogP contribution in [0.1, 0.15) is 143 Å². The van der Waals surface area contributed by atoms with Crippen molar-refractivity contribution in [1.29, 1.82) is 0 Å². The van der Waals surface area contributed by atoms with Gasteiger partial charge in [-0.1, -0.05) is 110 Å². The molecule has 0 aromatic rings. The molecule has 0 amide bonds. The molecule has 0 saturated carbocycles. The van der Waals surface area contributed by atoms with Crippen molar-refractivity contribution in [2.24, 2.45) is 5.41 Å². The standard InChI is InChI=1S/C28H54O5/c1-4-6-8-10-16-20-24-32-26(30)28(3,22-18-14-12-13-15-19-23-29)27(31)33-25-21-17-11-9-7-5-2/h29H,4-25H2,1-3H3. The third kappa shape index (κ3) is 17.1. The molecule has 1 N–H and O–H groups in total. The molecule has 0 fully saturated rings. The van der Waals surface area contributed by atoms with Crippen LogP contribution in [-0.4, -0.2) is 36.9 Å². The Bertz CT molecular complexity index is 433. The predicted octanol–water partition coefficient (Wildman–Crippen LogP) is 7.52. The number of esters is 2. The average Bonchev–Trinajstić information content (AvgIpc) is 2.81. The zero-order valence-corrected chi connectivity index (χ0v) is 22.1. The first-order valence-electron chi connectivity index (χ1n) is 14.0. The third-order valence-corrected chi connectivity index (χ3v) is 6.45. The van der Waals surface area contributed by atoms with Gasteiger partial charge in [0, 0.05) is 6.61 Å². The fourth-order valence-corrected chi connectivity index (χ4v) is 4.00. The Kier molecular flexibility index (Phi) is 21.9. The van der Waals surface area contributed by atoms with Gasteiger partial charge in [-0.15, -0.1) is 0 Å². The van der Waals surface area contributed by atoms with Crippen molar-refractivity contribution in [3.63, 3.8) is 0 Å². The molecule has 0 spiro atoms. The first-order chi connectivity index (χ1) is 16.0. The van der Waals surface area contributed by atoms with E-state index in [2.05, 4.69) is 13.8 Å². The van der Waals surface area contributed by atoms with Crippen LogP contribution in [0.3, 0.4) is 0 Å². The summed E-state index contributed by atoms with van der Waals surface area (Å²) < 4.78 is 11.1. The van der Waals surface area contributed by atoms with Crippen molar-refractivity contribution in [2.45, 2.75) is 143 Å². The Morgan fingerprint density at radius 2 is 0.939 bits per heavy atom. The zero-order chi connectivity index (χ0) is 24.6. The first-order valence-corrected chi connectivity index (χ1v) is 14.0. The summed E-state index contributed by atoms with van der Waals surface area (Å²) in [5.74, 6) is -0.853. The molecule has 0 radical (unpaired) electrons. The van der Waals surface area contributed by atoms with Gasteiger partial charge < -0.3 is 14.6 Å². The van der Waals surface area contributed by atoms with Gasteiger partial charge in [0.05, 0.1) is 13.2 Å². The molecule has 5 heteroatoms. The van der Waals surface area contributed by atoms with Crippen LogP contribution in [0.25, 0.3) is 0 Å². The van der Waals surface area contributed by atoms with E-state index in [0.717, 1.165) is 64.2 Å². The fraction of sp³-hybridized carbons (Fsp3) is 0.929. The van der Waals surface area contributed by atoms with Gasteiger partial charge in [0.1, 0.15) is 0 Å². The summed E-state index contributed by atoms with van der Waals surface area (Å²) in [6, 6.07) is 0. The molecule has 33 heavy (non-hydrogen) atoms. The summed E-state index contributed by atoms with van der Waals surface area (Å²) >= 11 is 0. The minimum Gasteiger partial charge on any atom is -0.465 e. The fourth-order valence-electron chi connectivity index (χ4n) is 4.00. The molecule has 0 unspecified atom stereocenters. The van der Waals surface area contributed by atoms with Gasteiger partial charge in [-0.2, -0.15) is 0 Å². The van der Waals surface area contributed by atoms with E-state index in [1.54, 1.807) is 6.92 Å². The number of aliphatic hydroxyl groups is 1. The largest absolute Gasteiger partial charge is 0.465 e. The van der Waals surface area contributed by atoms with E-state index >= 15 is 0 Å². The van der Waals surface area contributed by atoms with E-state index in [9.17, 15) is 9.59 Å². The number of unbranched alkanes of at least 4 members (excludes halogenated alkanes) is 15. The van der Waals surface area contributed by atoms with Crippen LogP contribution in [0, 0.1) is 5.41 Å². The smallest absolute Gasteiger partial charge is 0.323 e. The number of hydrogen-bond donors (Lipinski definition) is 1. The number of hydrogen-bond acceptors (Lipinski definition) is 5. The van der Waals surface area contributed by atoms with Crippen LogP contribution in [0.15, 0.2) is 0 Å². The molecule has 196 valence electrons. The topological polar surface area (TPSA) is 72.8 Å². The SMILES string of the molecule is CCCCCCCCOC(=O)C(C)(CCCCCCCCO)C(=O)OCCCCCCCC. The quantitative estimate of drug-likeness (QED) is 0.0897. The van der Waals surface area contributed by atoms with Crippen LogP contribution in [0.2, 0.25) is 0 Å².